The highest BCUT2D eigenvalue weighted by Crippen LogP contribution is 2.00. The molecule has 0 bridgehead atoms. The lowest BCUT2D eigenvalue weighted by molar-refractivity contribution is -0.149. The molecule has 0 radical (unpaired) electrons. The first-order chi connectivity index (χ1) is 6.70. The number of aliphatic carboxylic acids is 1. The molecule has 0 aliphatic rings. The van der Waals surface area contributed by atoms with Crippen molar-refractivity contribution in [2.45, 2.75) is 19.4 Å². The normalized spacial score (nSPS) is 12.4. The van der Waals surface area contributed by atoms with Crippen LogP contribution in [0.2, 0.25) is 0 Å². The summed E-state index contributed by atoms with van der Waals surface area (Å²) in [6, 6.07) is 9.85. The van der Waals surface area contributed by atoms with Gasteiger partial charge in [0.15, 0.2) is 6.10 Å². The third-order valence-electron chi connectivity index (χ3n) is 1.95. The monoisotopic (exact) mass is 194 g/mol. The fourth-order valence-electron chi connectivity index (χ4n) is 1.07. The fraction of sp³-hybridized carbons (Fsp3) is 0.364. The standard InChI is InChI=1S/C11H14O3/c1-9(11(12)13)14-8-7-10-5-3-2-4-6-10/h2-6,9H,7-8H2,1H3,(H,12,13). The second kappa shape index (κ2) is 5.40. The molecule has 1 N–H and O–H groups in total. The van der Waals surface area contributed by atoms with E-state index in [0.29, 0.717) is 6.61 Å². The van der Waals surface area contributed by atoms with Crippen molar-refractivity contribution < 1.29 is 14.6 Å². The van der Waals surface area contributed by atoms with Gasteiger partial charge in [0.25, 0.3) is 0 Å². The summed E-state index contributed by atoms with van der Waals surface area (Å²) in [6.07, 6.45) is 0.0251. The molecule has 14 heavy (non-hydrogen) atoms. The van der Waals surface area contributed by atoms with E-state index >= 15 is 0 Å². The Hall–Kier alpha value is -1.35. The summed E-state index contributed by atoms with van der Waals surface area (Å²) >= 11 is 0. The molecule has 0 fully saturated rings. The van der Waals surface area contributed by atoms with Crippen molar-refractivity contribution in [3.63, 3.8) is 0 Å². The van der Waals surface area contributed by atoms with Crippen molar-refractivity contribution in [1.29, 1.82) is 0 Å². The Morgan fingerprint density at radius 1 is 1.43 bits per heavy atom. The van der Waals surface area contributed by atoms with Crippen LogP contribution in [0.15, 0.2) is 30.3 Å². The van der Waals surface area contributed by atoms with Crippen LogP contribution >= 0.6 is 0 Å². The lowest BCUT2D eigenvalue weighted by Gasteiger charge is -2.07. The van der Waals surface area contributed by atoms with Gasteiger partial charge in [-0.2, -0.15) is 0 Å². The largest absolute Gasteiger partial charge is 0.479 e. The zero-order valence-electron chi connectivity index (χ0n) is 8.14. The quantitative estimate of drug-likeness (QED) is 0.776. The van der Waals surface area contributed by atoms with Crippen LogP contribution in [0.5, 0.6) is 0 Å². The highest BCUT2D eigenvalue weighted by molar-refractivity contribution is 5.71. The number of carbonyl (C=O) groups is 1. The second-order valence-electron chi connectivity index (χ2n) is 3.09. The van der Waals surface area contributed by atoms with Gasteiger partial charge in [-0.1, -0.05) is 30.3 Å². The predicted molar refractivity (Wildman–Crippen MR) is 53.2 cm³/mol. The summed E-state index contributed by atoms with van der Waals surface area (Å²) < 4.78 is 5.11. The van der Waals surface area contributed by atoms with Gasteiger partial charge in [-0.25, -0.2) is 4.79 Å². The van der Waals surface area contributed by atoms with E-state index < -0.39 is 12.1 Å². The summed E-state index contributed by atoms with van der Waals surface area (Å²) in [7, 11) is 0. The Morgan fingerprint density at radius 3 is 2.64 bits per heavy atom. The molecular formula is C11H14O3. The van der Waals surface area contributed by atoms with Crippen LogP contribution in [0.25, 0.3) is 0 Å². The highest BCUT2D eigenvalue weighted by atomic mass is 16.5. The molecule has 3 heteroatoms. The van der Waals surface area contributed by atoms with Gasteiger partial charge >= 0.3 is 5.97 Å². The van der Waals surface area contributed by atoms with E-state index in [-0.39, 0.29) is 0 Å². The Labute approximate surface area is 83.3 Å². The summed E-state index contributed by atoms with van der Waals surface area (Å²) in [5.41, 5.74) is 1.16. The van der Waals surface area contributed by atoms with Crippen molar-refractivity contribution in [3.05, 3.63) is 35.9 Å². The van der Waals surface area contributed by atoms with Crippen LogP contribution in [0, 0.1) is 0 Å². The zero-order valence-corrected chi connectivity index (χ0v) is 8.14. The van der Waals surface area contributed by atoms with E-state index in [4.69, 9.17) is 9.84 Å². The number of rotatable bonds is 5. The van der Waals surface area contributed by atoms with Gasteiger partial charge in [0, 0.05) is 0 Å². The van der Waals surface area contributed by atoms with Crippen LogP contribution in [0.3, 0.4) is 0 Å². The topological polar surface area (TPSA) is 46.5 Å². The molecule has 0 saturated heterocycles. The van der Waals surface area contributed by atoms with Crippen molar-refractivity contribution in [2.24, 2.45) is 0 Å². The first-order valence-corrected chi connectivity index (χ1v) is 4.58. The lowest BCUT2D eigenvalue weighted by atomic mass is 10.2. The minimum atomic E-state index is -0.918. The van der Waals surface area contributed by atoms with Crippen LogP contribution in [0.4, 0.5) is 0 Å². The van der Waals surface area contributed by atoms with Crippen molar-refractivity contribution in [1.82, 2.24) is 0 Å². The Kier molecular flexibility index (Phi) is 4.13. The number of benzene rings is 1. The Bertz CT molecular complexity index is 282. The van der Waals surface area contributed by atoms with Crippen LogP contribution in [-0.2, 0) is 16.0 Å². The molecule has 0 amide bonds. The Balaban J connectivity index is 2.26. The average molecular weight is 194 g/mol. The number of hydrogen-bond donors (Lipinski definition) is 1. The number of hydrogen-bond acceptors (Lipinski definition) is 2. The van der Waals surface area contributed by atoms with Crippen molar-refractivity contribution in [3.8, 4) is 0 Å². The molecule has 0 aliphatic heterocycles. The fourth-order valence-corrected chi connectivity index (χ4v) is 1.07. The molecule has 76 valence electrons. The molecule has 1 unspecified atom stereocenters. The number of carboxylic acid groups (broad SMARTS) is 1. The van der Waals surface area contributed by atoms with E-state index in [9.17, 15) is 4.79 Å². The molecule has 1 aromatic carbocycles. The molecule has 0 spiro atoms. The Morgan fingerprint density at radius 2 is 2.07 bits per heavy atom. The van der Waals surface area contributed by atoms with E-state index in [1.54, 1.807) is 0 Å². The third-order valence-corrected chi connectivity index (χ3v) is 1.95. The van der Waals surface area contributed by atoms with Gasteiger partial charge < -0.3 is 9.84 Å². The smallest absolute Gasteiger partial charge is 0.332 e. The maximum Gasteiger partial charge on any atom is 0.332 e. The minimum Gasteiger partial charge on any atom is -0.479 e. The van der Waals surface area contributed by atoms with E-state index in [0.717, 1.165) is 12.0 Å². The lowest BCUT2D eigenvalue weighted by Crippen LogP contribution is -2.20. The summed E-state index contributed by atoms with van der Waals surface area (Å²) in [4.78, 5) is 10.4. The van der Waals surface area contributed by atoms with Gasteiger partial charge in [-0.05, 0) is 18.9 Å². The molecule has 0 aliphatic carbocycles. The number of ether oxygens (including phenoxy) is 1. The SMILES string of the molecule is CC(OCCc1ccccc1)C(=O)O. The molecule has 1 atom stereocenters. The van der Waals surface area contributed by atoms with Gasteiger partial charge in [-0.15, -0.1) is 0 Å². The summed E-state index contributed by atoms with van der Waals surface area (Å²) in [5, 5.41) is 8.55. The molecule has 0 aromatic heterocycles. The highest BCUT2D eigenvalue weighted by Gasteiger charge is 2.09. The predicted octanol–water partition coefficient (Wildman–Crippen LogP) is 1.72. The van der Waals surface area contributed by atoms with Gasteiger partial charge in [0.1, 0.15) is 0 Å². The van der Waals surface area contributed by atoms with Crippen LogP contribution in [0.1, 0.15) is 12.5 Å². The average Bonchev–Trinajstić information content (AvgIpc) is 2.19. The van der Waals surface area contributed by atoms with Crippen molar-refractivity contribution in [2.75, 3.05) is 6.61 Å². The minimum absolute atomic E-state index is 0.442. The van der Waals surface area contributed by atoms with Gasteiger partial charge in [0.2, 0.25) is 0 Å². The molecule has 3 nitrogen and oxygen atoms in total. The first kappa shape index (κ1) is 10.7. The second-order valence-corrected chi connectivity index (χ2v) is 3.09. The molecule has 0 heterocycles. The zero-order chi connectivity index (χ0) is 10.4. The molecule has 1 rings (SSSR count). The van der Waals surface area contributed by atoms with Crippen molar-refractivity contribution >= 4 is 5.97 Å². The summed E-state index contributed by atoms with van der Waals surface area (Å²) in [5.74, 6) is -0.918. The summed E-state index contributed by atoms with van der Waals surface area (Å²) in [6.45, 7) is 1.98. The maximum atomic E-state index is 10.4. The third kappa shape index (κ3) is 3.58. The maximum absolute atomic E-state index is 10.4. The van der Waals surface area contributed by atoms with Crippen LogP contribution in [-0.4, -0.2) is 23.8 Å². The van der Waals surface area contributed by atoms with E-state index in [1.807, 2.05) is 30.3 Å². The molecular weight excluding hydrogens is 180 g/mol. The van der Waals surface area contributed by atoms with Gasteiger partial charge in [0.05, 0.1) is 6.61 Å². The first-order valence-electron chi connectivity index (χ1n) is 4.58. The van der Waals surface area contributed by atoms with E-state index in [1.165, 1.54) is 6.92 Å². The molecule has 1 aromatic rings. The number of carboxylic acids is 1. The molecule has 0 saturated carbocycles. The van der Waals surface area contributed by atoms with Crippen LogP contribution < -0.4 is 0 Å². The van der Waals surface area contributed by atoms with E-state index in [2.05, 4.69) is 0 Å². The van der Waals surface area contributed by atoms with Gasteiger partial charge in [-0.3, -0.25) is 0 Å².